The van der Waals surface area contributed by atoms with Gasteiger partial charge in [-0.15, -0.1) is 0 Å². The van der Waals surface area contributed by atoms with Gasteiger partial charge in [-0.25, -0.2) is 0 Å². The Kier molecular flexibility index (Phi) is 9.06. The summed E-state index contributed by atoms with van der Waals surface area (Å²) in [6.07, 6.45) is 8.87. The average molecular weight is 215 g/mol. The van der Waals surface area contributed by atoms with Crippen molar-refractivity contribution in [3.8, 4) is 0 Å². The van der Waals surface area contributed by atoms with E-state index in [-0.39, 0.29) is 6.15 Å². The summed E-state index contributed by atoms with van der Waals surface area (Å²) in [5, 5.41) is 7.07. The highest BCUT2D eigenvalue weighted by Crippen LogP contribution is 2.17. The van der Waals surface area contributed by atoms with Crippen molar-refractivity contribution >= 4 is 0 Å². The van der Waals surface area contributed by atoms with E-state index in [2.05, 4.69) is 24.5 Å². The van der Waals surface area contributed by atoms with E-state index in [1.807, 2.05) is 0 Å². The molecule has 0 spiro atoms. The summed E-state index contributed by atoms with van der Waals surface area (Å²) in [5.41, 5.74) is 0. The van der Waals surface area contributed by atoms with E-state index in [1.165, 1.54) is 38.5 Å². The van der Waals surface area contributed by atoms with Crippen LogP contribution in [0.15, 0.2) is 0 Å². The van der Waals surface area contributed by atoms with Crippen LogP contribution in [0.4, 0.5) is 0 Å². The maximum Gasteiger partial charge on any atom is 0.0601 e. The molecule has 1 heterocycles. The Morgan fingerprint density at radius 2 is 1.73 bits per heavy atom. The Morgan fingerprint density at radius 1 is 1.07 bits per heavy atom. The summed E-state index contributed by atoms with van der Waals surface area (Å²) in [4.78, 5) is 0. The van der Waals surface area contributed by atoms with Gasteiger partial charge in [0.1, 0.15) is 0 Å². The first kappa shape index (κ1) is 14.9. The molecule has 0 aliphatic carbocycles. The van der Waals surface area contributed by atoms with Crippen LogP contribution in [0.1, 0.15) is 52.4 Å². The maximum absolute atomic E-state index is 3.54. The Labute approximate surface area is 95.0 Å². The van der Waals surface area contributed by atoms with Crippen molar-refractivity contribution in [3.63, 3.8) is 0 Å². The van der Waals surface area contributed by atoms with Crippen molar-refractivity contribution < 1.29 is 0 Å². The zero-order valence-corrected chi connectivity index (χ0v) is 10.5. The Hall–Kier alpha value is -0.120. The lowest BCUT2D eigenvalue weighted by Gasteiger charge is -2.22. The van der Waals surface area contributed by atoms with Gasteiger partial charge in [-0.1, -0.05) is 46.0 Å². The molecule has 1 atom stereocenters. The predicted molar refractivity (Wildman–Crippen MR) is 67.4 cm³/mol. The number of hydrogen-bond donors (Lipinski definition) is 3. The molecule has 0 bridgehead atoms. The summed E-state index contributed by atoms with van der Waals surface area (Å²) < 4.78 is 0. The second-order valence-electron chi connectivity index (χ2n) is 4.40. The molecule has 3 nitrogen and oxygen atoms in total. The summed E-state index contributed by atoms with van der Waals surface area (Å²) in [5.74, 6) is 0.842. The molecule has 15 heavy (non-hydrogen) atoms. The van der Waals surface area contributed by atoms with Gasteiger partial charge in [-0.3, -0.25) is 0 Å². The molecule has 0 aromatic rings. The average Bonchev–Trinajstić information content (AvgIpc) is 2.71. The fourth-order valence-corrected chi connectivity index (χ4v) is 2.30. The summed E-state index contributed by atoms with van der Waals surface area (Å²) >= 11 is 0. The Morgan fingerprint density at radius 3 is 2.27 bits per heavy atom. The first-order valence-corrected chi connectivity index (χ1v) is 6.35. The Bertz CT molecular complexity index is 133. The van der Waals surface area contributed by atoms with Crippen molar-refractivity contribution in [1.29, 1.82) is 0 Å². The van der Waals surface area contributed by atoms with Gasteiger partial charge in [0.2, 0.25) is 0 Å². The number of unbranched alkanes of at least 4 members (excludes halogenated alkanes) is 3. The Balaban J connectivity index is 0.00000196. The summed E-state index contributed by atoms with van der Waals surface area (Å²) in [6.45, 7) is 6.88. The fourth-order valence-electron chi connectivity index (χ4n) is 2.30. The van der Waals surface area contributed by atoms with E-state index in [4.69, 9.17) is 0 Å². The van der Waals surface area contributed by atoms with Crippen molar-refractivity contribution in [2.75, 3.05) is 13.1 Å². The lowest BCUT2D eigenvalue weighted by molar-refractivity contribution is 0.320. The topological polar surface area (TPSA) is 59.1 Å². The van der Waals surface area contributed by atoms with E-state index in [9.17, 15) is 0 Å². The minimum Gasteiger partial charge on any atom is -0.344 e. The van der Waals surface area contributed by atoms with Gasteiger partial charge in [0.05, 0.1) is 6.17 Å². The molecule has 0 aromatic carbocycles. The molecular weight excluding hydrogens is 186 g/mol. The molecule has 1 saturated heterocycles. The lowest BCUT2D eigenvalue weighted by atomic mass is 9.95. The predicted octanol–water partition coefficient (Wildman–Crippen LogP) is 2.66. The van der Waals surface area contributed by atoms with E-state index in [0.29, 0.717) is 6.17 Å². The standard InChI is InChI=1S/C12H26N2.H3N/c1-3-5-6-7-8-11(4-2)12-13-9-10-14-12;/h11-14H,3-10H2,1-2H3;1H3. The second kappa shape index (κ2) is 9.13. The van der Waals surface area contributed by atoms with Gasteiger partial charge >= 0.3 is 0 Å². The van der Waals surface area contributed by atoms with Gasteiger partial charge < -0.3 is 16.8 Å². The molecule has 3 heteroatoms. The molecule has 1 fully saturated rings. The van der Waals surface area contributed by atoms with Crippen LogP contribution in [-0.2, 0) is 0 Å². The van der Waals surface area contributed by atoms with Gasteiger partial charge in [0, 0.05) is 13.1 Å². The van der Waals surface area contributed by atoms with Crippen LogP contribution in [0.3, 0.4) is 0 Å². The van der Waals surface area contributed by atoms with Gasteiger partial charge in [-0.05, 0) is 12.3 Å². The quantitative estimate of drug-likeness (QED) is 0.572. The van der Waals surface area contributed by atoms with Crippen LogP contribution in [0, 0.1) is 5.92 Å². The highest BCUT2D eigenvalue weighted by atomic mass is 15.2. The zero-order chi connectivity index (χ0) is 10.2. The molecule has 0 aromatic heterocycles. The van der Waals surface area contributed by atoms with Gasteiger partial charge in [0.15, 0.2) is 0 Å². The van der Waals surface area contributed by atoms with Crippen LogP contribution < -0.4 is 16.8 Å². The van der Waals surface area contributed by atoms with Crippen LogP contribution in [-0.4, -0.2) is 19.3 Å². The largest absolute Gasteiger partial charge is 0.344 e. The van der Waals surface area contributed by atoms with E-state index >= 15 is 0 Å². The number of rotatable bonds is 7. The molecule has 0 radical (unpaired) electrons. The maximum atomic E-state index is 3.54. The van der Waals surface area contributed by atoms with E-state index < -0.39 is 0 Å². The van der Waals surface area contributed by atoms with E-state index in [1.54, 1.807) is 0 Å². The zero-order valence-electron chi connectivity index (χ0n) is 10.5. The van der Waals surface area contributed by atoms with E-state index in [0.717, 1.165) is 19.0 Å². The molecule has 1 rings (SSSR count). The van der Waals surface area contributed by atoms with Gasteiger partial charge in [-0.2, -0.15) is 0 Å². The van der Waals surface area contributed by atoms with Crippen LogP contribution >= 0.6 is 0 Å². The third-order valence-electron chi connectivity index (χ3n) is 3.28. The molecule has 5 N–H and O–H groups in total. The molecule has 1 unspecified atom stereocenters. The minimum absolute atomic E-state index is 0. The molecule has 0 amide bonds. The molecule has 92 valence electrons. The van der Waals surface area contributed by atoms with Gasteiger partial charge in [0.25, 0.3) is 0 Å². The van der Waals surface area contributed by atoms with Crippen molar-refractivity contribution in [3.05, 3.63) is 0 Å². The molecular formula is C12H29N3. The normalized spacial score (nSPS) is 18.8. The van der Waals surface area contributed by atoms with Crippen LogP contribution in [0.5, 0.6) is 0 Å². The highest BCUT2D eigenvalue weighted by molar-refractivity contribution is 4.79. The third-order valence-corrected chi connectivity index (χ3v) is 3.28. The minimum atomic E-state index is 0. The SMILES string of the molecule is CCCCCCC(CC)C1NCCN1.N. The van der Waals surface area contributed by atoms with Crippen molar-refractivity contribution in [2.24, 2.45) is 5.92 Å². The molecule has 1 aliphatic rings. The summed E-state index contributed by atoms with van der Waals surface area (Å²) in [6, 6.07) is 0. The summed E-state index contributed by atoms with van der Waals surface area (Å²) in [7, 11) is 0. The smallest absolute Gasteiger partial charge is 0.0601 e. The van der Waals surface area contributed by atoms with Crippen molar-refractivity contribution in [1.82, 2.24) is 16.8 Å². The number of nitrogens with one attached hydrogen (secondary N) is 2. The third kappa shape index (κ3) is 5.50. The fraction of sp³-hybridized carbons (Fsp3) is 1.00. The van der Waals surface area contributed by atoms with Crippen molar-refractivity contribution in [2.45, 2.75) is 58.5 Å². The molecule has 0 saturated carbocycles. The first-order chi connectivity index (χ1) is 6.88. The van der Waals surface area contributed by atoms with Crippen LogP contribution in [0.25, 0.3) is 0 Å². The number of hydrogen-bond acceptors (Lipinski definition) is 3. The first-order valence-electron chi connectivity index (χ1n) is 6.35. The second-order valence-corrected chi connectivity index (χ2v) is 4.40. The lowest BCUT2D eigenvalue weighted by Crippen LogP contribution is -2.38. The molecule has 1 aliphatic heterocycles. The monoisotopic (exact) mass is 215 g/mol. The highest BCUT2D eigenvalue weighted by Gasteiger charge is 2.21. The van der Waals surface area contributed by atoms with Crippen LogP contribution in [0.2, 0.25) is 0 Å².